The third-order valence-corrected chi connectivity index (χ3v) is 6.80. The second kappa shape index (κ2) is 17.8. The van der Waals surface area contributed by atoms with Crippen molar-refractivity contribution in [3.8, 4) is 5.75 Å². The van der Waals surface area contributed by atoms with Crippen LogP contribution in [0.2, 0.25) is 0 Å². The van der Waals surface area contributed by atoms with Crippen LogP contribution in [-0.4, -0.2) is 55.4 Å². The Morgan fingerprint density at radius 3 is 2.61 bits per heavy atom. The van der Waals surface area contributed by atoms with Crippen molar-refractivity contribution < 1.29 is 65.6 Å². The second-order valence-electron chi connectivity index (χ2n) is 9.48. The minimum atomic E-state index is -0.220. The summed E-state index contributed by atoms with van der Waals surface area (Å²) >= 11 is 0. The summed E-state index contributed by atoms with van der Waals surface area (Å²) in [5.41, 5.74) is 5.08. The van der Waals surface area contributed by atoms with Gasteiger partial charge < -0.3 is 15.2 Å². The van der Waals surface area contributed by atoms with Crippen LogP contribution in [0, 0.1) is 0 Å². The van der Waals surface area contributed by atoms with Gasteiger partial charge in [0, 0.05) is 48.2 Å². The third-order valence-electron chi connectivity index (χ3n) is 6.80. The summed E-state index contributed by atoms with van der Waals surface area (Å²) in [6.45, 7) is 4.44. The molecular formula is C28H42FKN4O2. The monoisotopic (exact) mass is 524 g/mol. The molecule has 1 saturated heterocycles. The van der Waals surface area contributed by atoms with Crippen LogP contribution in [-0.2, 0) is 19.4 Å². The number of rotatable bonds is 9. The molecule has 8 heteroatoms. The van der Waals surface area contributed by atoms with E-state index in [1.807, 2.05) is 12.3 Å². The first-order valence-corrected chi connectivity index (χ1v) is 13.2. The number of ether oxygens (including phenoxy) is 1. The van der Waals surface area contributed by atoms with Gasteiger partial charge in [-0.15, -0.1) is 0 Å². The van der Waals surface area contributed by atoms with Crippen LogP contribution >= 0.6 is 0 Å². The van der Waals surface area contributed by atoms with Gasteiger partial charge in [-0.25, -0.2) is 4.98 Å². The van der Waals surface area contributed by atoms with Gasteiger partial charge in [0.05, 0.1) is 13.8 Å². The van der Waals surface area contributed by atoms with Gasteiger partial charge >= 0.3 is 51.4 Å². The van der Waals surface area contributed by atoms with Crippen molar-refractivity contribution in [1.29, 1.82) is 0 Å². The molecule has 1 N–H and O–H groups in total. The fraction of sp³-hybridized carbons (Fsp3) is 0.643. The third kappa shape index (κ3) is 9.93. The number of nitrogens with one attached hydrogen (secondary N) is 1. The van der Waals surface area contributed by atoms with Crippen molar-refractivity contribution in [3.05, 3.63) is 46.9 Å². The van der Waals surface area contributed by atoms with Crippen molar-refractivity contribution in [2.45, 2.75) is 76.7 Å². The van der Waals surface area contributed by atoms with Gasteiger partial charge in [-0.2, -0.15) is 7.11 Å². The molecule has 0 aromatic carbocycles. The molecule has 1 saturated carbocycles. The molecule has 2 aliphatic heterocycles. The van der Waals surface area contributed by atoms with Crippen LogP contribution in [0.25, 0.3) is 0 Å². The van der Waals surface area contributed by atoms with Crippen molar-refractivity contribution in [2.24, 2.45) is 0 Å². The summed E-state index contributed by atoms with van der Waals surface area (Å²) in [6.07, 6.45) is 13.0. The molecule has 3 aliphatic rings. The normalized spacial score (nSPS) is 16.3. The summed E-state index contributed by atoms with van der Waals surface area (Å²) in [4.78, 5) is 11.7. The largest absolute Gasteiger partial charge is 1.00 e. The van der Waals surface area contributed by atoms with E-state index in [9.17, 15) is 4.39 Å². The molecule has 2 fully saturated rings. The molecule has 0 bridgehead atoms. The standard InChI is InChI=1S/C14H21FN2O.C13H18N2.CH3O.K/c1-18-13-10-11(6-3-2-4-8-15)17-14-12(13)7-5-9-16-14;1-2-9-15(8-1)10-12-4-3-7-14-13(12)11-5-6-11;1-2;/h10H,2-9H2,1H3,(H,16,17);3-4,7,11H,1-2,5-6,8-10H2;1H3;/q;;-1;+1. The van der Waals surface area contributed by atoms with Gasteiger partial charge in [0.25, 0.3) is 0 Å². The first-order chi connectivity index (χ1) is 17.3. The maximum Gasteiger partial charge on any atom is 1.00 e. The molecule has 0 radical (unpaired) electrons. The van der Waals surface area contributed by atoms with Gasteiger partial charge in [0.15, 0.2) is 0 Å². The summed E-state index contributed by atoms with van der Waals surface area (Å²) in [6, 6.07) is 6.37. The van der Waals surface area contributed by atoms with E-state index in [2.05, 4.69) is 32.3 Å². The molecule has 2 aromatic heterocycles. The number of hydrogen-bond donors (Lipinski definition) is 1. The molecule has 0 unspecified atom stereocenters. The van der Waals surface area contributed by atoms with Crippen LogP contribution in [0.5, 0.6) is 5.75 Å². The van der Waals surface area contributed by atoms with Crippen molar-refractivity contribution in [2.75, 3.05) is 45.8 Å². The Morgan fingerprint density at radius 2 is 1.92 bits per heavy atom. The summed E-state index contributed by atoms with van der Waals surface area (Å²) in [5.74, 6) is 2.69. The fourth-order valence-electron chi connectivity index (χ4n) is 4.84. The Hall–Kier alpha value is -0.614. The van der Waals surface area contributed by atoms with Crippen LogP contribution in [0.4, 0.5) is 10.2 Å². The molecule has 6 nitrogen and oxygen atoms in total. The van der Waals surface area contributed by atoms with E-state index in [1.165, 1.54) is 55.6 Å². The number of methoxy groups -OCH3 is 1. The zero-order chi connectivity index (χ0) is 24.9. The predicted octanol–water partition coefficient (Wildman–Crippen LogP) is 1.67. The molecule has 0 spiro atoms. The molecule has 36 heavy (non-hydrogen) atoms. The number of halogens is 1. The molecule has 4 heterocycles. The quantitative estimate of drug-likeness (QED) is 0.397. The number of hydrogen-bond acceptors (Lipinski definition) is 6. The number of unbranched alkanes of at least 4 members (excludes halogenated alkanes) is 2. The molecule has 2 aromatic rings. The summed E-state index contributed by atoms with van der Waals surface area (Å²) < 4.78 is 17.5. The first-order valence-electron chi connectivity index (χ1n) is 13.2. The van der Waals surface area contributed by atoms with Gasteiger partial charge in [0.1, 0.15) is 11.6 Å². The molecule has 0 amide bonds. The zero-order valence-corrected chi connectivity index (χ0v) is 25.7. The van der Waals surface area contributed by atoms with Gasteiger partial charge in [-0.1, -0.05) is 12.5 Å². The number of fused-ring (bicyclic) bond motifs is 1. The minimum absolute atomic E-state index is 0. The Kier molecular flexibility index (Phi) is 15.6. The number of alkyl halides is 1. The number of aromatic nitrogens is 2. The Bertz CT molecular complexity index is 875. The second-order valence-corrected chi connectivity index (χ2v) is 9.48. The zero-order valence-electron chi connectivity index (χ0n) is 22.5. The topological polar surface area (TPSA) is 73.3 Å². The van der Waals surface area contributed by atoms with Gasteiger partial charge in [0.2, 0.25) is 0 Å². The number of anilines is 1. The summed E-state index contributed by atoms with van der Waals surface area (Å²) in [5, 5.41) is 11.6. The Labute approximate surface area is 259 Å². The molecule has 1 aliphatic carbocycles. The van der Waals surface area contributed by atoms with E-state index in [-0.39, 0.29) is 58.1 Å². The van der Waals surface area contributed by atoms with Crippen LogP contribution < -0.4 is 66.5 Å². The summed E-state index contributed by atoms with van der Waals surface area (Å²) in [7, 11) is 2.46. The van der Waals surface area contributed by atoms with E-state index in [0.29, 0.717) is 6.42 Å². The van der Waals surface area contributed by atoms with Gasteiger partial charge in [-0.05, 0) is 82.5 Å². The SMILES string of the molecule is COc1cc(CCCCCF)nc2c1CCCN2.C[O-].[K+].c1cnc(C2CC2)c(CN2CCCC2)c1. The average molecular weight is 525 g/mol. The maximum atomic E-state index is 12.0. The molecule has 5 rings (SSSR count). The Balaban J connectivity index is 0.000000234. The van der Waals surface area contributed by atoms with Crippen LogP contribution in [0.1, 0.15) is 79.8 Å². The number of pyridine rings is 2. The molecule has 0 atom stereocenters. The van der Waals surface area contributed by atoms with Crippen molar-refractivity contribution >= 4 is 5.82 Å². The van der Waals surface area contributed by atoms with E-state index >= 15 is 0 Å². The maximum absolute atomic E-state index is 12.0. The Morgan fingerprint density at radius 1 is 1.14 bits per heavy atom. The smallest absolute Gasteiger partial charge is 0.857 e. The van der Waals surface area contributed by atoms with Crippen LogP contribution in [0.3, 0.4) is 0 Å². The van der Waals surface area contributed by atoms with Gasteiger partial charge in [-0.3, -0.25) is 14.3 Å². The van der Waals surface area contributed by atoms with E-state index in [0.717, 1.165) is 75.5 Å². The average Bonchev–Trinajstić information content (AvgIpc) is 3.63. The minimum Gasteiger partial charge on any atom is -0.857 e. The van der Waals surface area contributed by atoms with E-state index in [4.69, 9.17) is 9.84 Å². The number of aryl methyl sites for hydroxylation is 1. The fourth-order valence-corrected chi connectivity index (χ4v) is 4.84. The number of nitrogens with zero attached hydrogens (tertiary/aromatic N) is 3. The number of likely N-dealkylation sites (tertiary alicyclic amines) is 1. The van der Waals surface area contributed by atoms with E-state index < -0.39 is 0 Å². The van der Waals surface area contributed by atoms with Crippen LogP contribution in [0.15, 0.2) is 24.4 Å². The van der Waals surface area contributed by atoms with Crippen molar-refractivity contribution in [1.82, 2.24) is 14.9 Å². The first kappa shape index (κ1) is 31.6. The predicted molar refractivity (Wildman–Crippen MR) is 138 cm³/mol. The van der Waals surface area contributed by atoms with E-state index in [1.54, 1.807) is 7.11 Å². The molecular weight excluding hydrogens is 482 g/mol. The molecule has 194 valence electrons. The van der Waals surface area contributed by atoms with Crippen molar-refractivity contribution in [3.63, 3.8) is 0 Å².